The molecule has 0 aliphatic heterocycles. The van der Waals surface area contributed by atoms with Gasteiger partial charge in [-0.15, -0.1) is 22.9 Å². The van der Waals surface area contributed by atoms with Gasteiger partial charge in [-0.25, -0.2) is 0 Å². The van der Waals surface area contributed by atoms with Gasteiger partial charge in [-0.05, 0) is 37.9 Å². The van der Waals surface area contributed by atoms with Gasteiger partial charge in [-0.2, -0.15) is 0 Å². The third-order valence-electron chi connectivity index (χ3n) is 1.09. The fraction of sp³-hybridized carbons (Fsp3) is 0.167. The Morgan fingerprint density at radius 1 is 1.67 bits per heavy atom. The smallest absolute Gasteiger partial charge is 0.200 e. The molecule has 0 saturated carbocycles. The molecule has 0 spiro atoms. The summed E-state index contributed by atoms with van der Waals surface area (Å²) < 4.78 is 1.32. The maximum atomic E-state index is 11.3. The molecule has 0 N–H and O–H groups in total. The molecule has 6 heteroatoms. The highest BCUT2D eigenvalue weighted by molar-refractivity contribution is 14.1. The lowest BCUT2D eigenvalue weighted by atomic mass is 10.4. The maximum absolute atomic E-state index is 11.3. The van der Waals surface area contributed by atoms with Crippen LogP contribution in [-0.4, -0.2) is 9.17 Å². The van der Waals surface area contributed by atoms with Crippen molar-refractivity contribution in [2.24, 2.45) is 0 Å². The predicted octanol–water partition coefficient (Wildman–Crippen LogP) is 4.46. The molecule has 0 aliphatic rings. The van der Waals surface area contributed by atoms with Gasteiger partial charge in [-0.1, -0.05) is 22.6 Å². The lowest BCUT2D eigenvalue weighted by molar-refractivity contribution is 0.102. The van der Waals surface area contributed by atoms with E-state index in [0.717, 1.165) is 8.26 Å². The second-order valence-electron chi connectivity index (χ2n) is 1.90. The van der Waals surface area contributed by atoms with Crippen LogP contribution < -0.4 is 0 Å². The monoisotopic (exact) mass is 442 g/mol. The topological polar surface area (TPSA) is 17.1 Å². The Balaban J connectivity index is 2.97. The molecule has 0 fully saturated rings. The third-order valence-corrected chi connectivity index (χ3v) is 5.12. The Kier molecular flexibility index (Phi) is 4.50. The Hall–Kier alpha value is 1.35. The second-order valence-corrected chi connectivity index (χ2v) is 7.54. The molecule has 0 radical (unpaired) electrons. The number of thiophene rings is 1. The van der Waals surface area contributed by atoms with Crippen LogP contribution >= 0.6 is 77.4 Å². The number of hydrogen-bond donors (Lipinski definition) is 0. The minimum absolute atomic E-state index is 0.0475. The molecule has 66 valence electrons. The average Bonchev–Trinajstić information content (AvgIpc) is 2.30. The number of hydrogen-bond acceptors (Lipinski definition) is 2. The summed E-state index contributed by atoms with van der Waals surface area (Å²) >= 11 is 15.5. The van der Waals surface area contributed by atoms with Gasteiger partial charge in [0.2, 0.25) is 5.78 Å². The summed E-state index contributed by atoms with van der Waals surface area (Å²) in [6.45, 7) is 0. The van der Waals surface area contributed by atoms with Crippen molar-refractivity contribution in [1.29, 1.82) is 0 Å². The van der Waals surface area contributed by atoms with E-state index in [9.17, 15) is 4.79 Å². The first-order valence-electron chi connectivity index (χ1n) is 2.79. The van der Waals surface area contributed by atoms with E-state index < -0.39 is 3.38 Å². The van der Waals surface area contributed by atoms with E-state index in [4.69, 9.17) is 11.6 Å². The van der Waals surface area contributed by atoms with E-state index in [1.165, 1.54) is 11.3 Å². The molecule has 1 unspecified atom stereocenters. The third kappa shape index (κ3) is 2.67. The van der Waals surface area contributed by atoms with Gasteiger partial charge in [0.25, 0.3) is 0 Å². The fourth-order valence-electron chi connectivity index (χ4n) is 0.576. The van der Waals surface area contributed by atoms with Gasteiger partial charge in [0.05, 0.1) is 8.66 Å². The van der Waals surface area contributed by atoms with Crippen molar-refractivity contribution in [3.8, 4) is 0 Å². The Morgan fingerprint density at radius 2 is 2.25 bits per heavy atom. The molecular weight excluding hydrogens is 442 g/mol. The van der Waals surface area contributed by atoms with E-state index in [0.29, 0.717) is 4.88 Å². The first-order chi connectivity index (χ1) is 5.52. The van der Waals surface area contributed by atoms with Crippen molar-refractivity contribution >= 4 is 83.2 Å². The molecule has 1 nitrogen and oxygen atoms in total. The Bertz CT molecular complexity index is 293. The summed E-state index contributed by atoms with van der Waals surface area (Å²) in [4.78, 5) is 12.0. The molecule has 1 heterocycles. The molecular formula is C6H2Br2ClIOS. The Labute approximate surface area is 109 Å². The zero-order valence-electron chi connectivity index (χ0n) is 5.48. The molecule has 0 bridgehead atoms. The highest BCUT2D eigenvalue weighted by Crippen LogP contribution is 2.33. The number of rotatable bonds is 2. The lowest BCUT2D eigenvalue weighted by Gasteiger charge is -1.94. The van der Waals surface area contributed by atoms with Crippen LogP contribution in [0.5, 0.6) is 0 Å². The summed E-state index contributed by atoms with van der Waals surface area (Å²) in [7, 11) is 0. The zero-order valence-corrected chi connectivity index (χ0v) is 12.4. The summed E-state index contributed by atoms with van der Waals surface area (Å²) in [6.07, 6.45) is 0. The van der Waals surface area contributed by atoms with Crippen LogP contribution in [0.15, 0.2) is 14.3 Å². The van der Waals surface area contributed by atoms with E-state index >= 15 is 0 Å². The molecule has 1 aromatic heterocycles. The van der Waals surface area contributed by atoms with Crippen LogP contribution in [0.1, 0.15) is 9.67 Å². The van der Waals surface area contributed by atoms with E-state index in [1.54, 1.807) is 6.07 Å². The number of alkyl halides is 2. The predicted molar refractivity (Wildman–Crippen MR) is 67.7 cm³/mol. The largest absolute Gasteiger partial charge is 0.291 e. The summed E-state index contributed by atoms with van der Waals surface area (Å²) in [5.74, 6) is -0.0475. The van der Waals surface area contributed by atoms with Gasteiger partial charge >= 0.3 is 0 Å². The molecule has 1 rings (SSSR count). The van der Waals surface area contributed by atoms with Gasteiger partial charge in [0.1, 0.15) is 3.38 Å². The van der Waals surface area contributed by atoms with Crippen molar-refractivity contribution in [3.63, 3.8) is 0 Å². The molecule has 0 amide bonds. The molecule has 0 aliphatic carbocycles. The molecule has 0 saturated heterocycles. The maximum Gasteiger partial charge on any atom is 0.200 e. The number of carbonyl (C=O) groups excluding carboxylic acids is 1. The zero-order chi connectivity index (χ0) is 9.30. The minimum Gasteiger partial charge on any atom is -0.291 e. The van der Waals surface area contributed by atoms with Gasteiger partial charge in [0.15, 0.2) is 0 Å². The normalized spacial score (nSPS) is 13.0. The van der Waals surface area contributed by atoms with Crippen LogP contribution in [0, 0.1) is 0 Å². The number of halogens is 4. The van der Waals surface area contributed by atoms with Crippen molar-refractivity contribution in [1.82, 2.24) is 0 Å². The number of Topliss-reactive ketones (excluding diaryl/α,β-unsaturated/α-hetero) is 1. The first-order valence-corrected chi connectivity index (χ1v) is 6.88. The second kappa shape index (κ2) is 4.72. The van der Waals surface area contributed by atoms with Crippen molar-refractivity contribution in [2.45, 2.75) is 3.38 Å². The van der Waals surface area contributed by atoms with Crippen molar-refractivity contribution in [3.05, 3.63) is 19.2 Å². The molecule has 1 aromatic rings. The van der Waals surface area contributed by atoms with Crippen LogP contribution in [-0.2, 0) is 0 Å². The highest BCUT2D eigenvalue weighted by atomic mass is 127. The van der Waals surface area contributed by atoms with Crippen molar-refractivity contribution < 1.29 is 4.79 Å². The molecule has 0 aromatic carbocycles. The van der Waals surface area contributed by atoms with Crippen LogP contribution in [0.3, 0.4) is 0 Å². The van der Waals surface area contributed by atoms with Gasteiger partial charge < -0.3 is 0 Å². The number of ketones is 1. The first kappa shape index (κ1) is 11.4. The van der Waals surface area contributed by atoms with Crippen LogP contribution in [0.25, 0.3) is 0 Å². The van der Waals surface area contributed by atoms with Crippen LogP contribution in [0.2, 0.25) is 0 Å². The van der Waals surface area contributed by atoms with E-state index in [-0.39, 0.29) is 5.78 Å². The average molecular weight is 444 g/mol. The van der Waals surface area contributed by atoms with E-state index in [1.807, 2.05) is 22.6 Å². The van der Waals surface area contributed by atoms with Gasteiger partial charge in [0, 0.05) is 4.47 Å². The van der Waals surface area contributed by atoms with Crippen molar-refractivity contribution in [2.75, 3.05) is 0 Å². The molecule has 1 atom stereocenters. The van der Waals surface area contributed by atoms with Gasteiger partial charge in [-0.3, -0.25) is 4.79 Å². The fourth-order valence-corrected chi connectivity index (χ4v) is 3.31. The summed E-state index contributed by atoms with van der Waals surface area (Å²) in [5.41, 5.74) is 0. The SMILES string of the molecule is O=C(c1cc(Br)c(Br)s1)C(Cl)I. The van der Waals surface area contributed by atoms with E-state index in [2.05, 4.69) is 31.9 Å². The Morgan fingerprint density at radius 3 is 2.58 bits per heavy atom. The lowest BCUT2D eigenvalue weighted by Crippen LogP contribution is -2.04. The molecule has 12 heavy (non-hydrogen) atoms. The minimum atomic E-state index is -0.486. The quantitative estimate of drug-likeness (QED) is 0.374. The number of carbonyl (C=O) groups is 1. The standard InChI is InChI=1S/C6H2Br2ClIOS/c7-2-1-3(12-5(2)8)4(11)6(9)10/h1,6H. The van der Waals surface area contributed by atoms with Crippen LogP contribution in [0.4, 0.5) is 0 Å². The highest BCUT2D eigenvalue weighted by Gasteiger charge is 2.17. The summed E-state index contributed by atoms with van der Waals surface area (Å²) in [5, 5.41) is 0. The summed E-state index contributed by atoms with van der Waals surface area (Å²) in [6, 6.07) is 1.77.